The Hall–Kier alpha value is -4.51. The maximum Gasteiger partial charge on any atom is 0.417 e. The summed E-state index contributed by atoms with van der Waals surface area (Å²) in [7, 11) is 3.11. The number of imide groups is 1. The molecule has 5 rings (SSSR count). The van der Waals surface area contributed by atoms with E-state index in [1.54, 1.807) is 61.6 Å². The van der Waals surface area contributed by atoms with E-state index in [1.807, 2.05) is 18.2 Å². The molecule has 0 aliphatic carbocycles. The van der Waals surface area contributed by atoms with Crippen LogP contribution >= 0.6 is 11.8 Å². The van der Waals surface area contributed by atoms with Crippen molar-refractivity contribution in [2.75, 3.05) is 24.4 Å². The second kappa shape index (κ2) is 11.7. The highest BCUT2D eigenvalue weighted by Crippen LogP contribution is 2.41. The molecule has 3 aromatic rings. The lowest BCUT2D eigenvalue weighted by Crippen LogP contribution is -2.35. The number of nitrogens with zero attached hydrogens (tertiary/aromatic N) is 1. The third kappa shape index (κ3) is 5.89. The number of carbonyl (C=O) groups excluding carboxylic acids is 4. The zero-order valence-corrected chi connectivity index (χ0v) is 22.7. The van der Waals surface area contributed by atoms with Crippen molar-refractivity contribution < 1.29 is 33.4 Å². The quantitative estimate of drug-likeness (QED) is 0.406. The highest BCUT2D eigenvalue weighted by Gasteiger charge is 2.35. The molecule has 1 saturated heterocycles. The largest absolute Gasteiger partial charge is 0.497 e. The number of carbonyl (C=O) groups is 4. The lowest BCUT2D eigenvalue weighted by Gasteiger charge is -2.32. The molecule has 4 amide bonds. The van der Waals surface area contributed by atoms with Gasteiger partial charge in [0.15, 0.2) is 0 Å². The summed E-state index contributed by atoms with van der Waals surface area (Å²) in [5.74, 6) is 1.25. The Kier molecular flexibility index (Phi) is 7.92. The number of hydrogen-bond donors (Lipinski definition) is 2. The zero-order valence-electron chi connectivity index (χ0n) is 21.9. The standard InChI is InChI=1S/C29H27N3O7S/c1-37-20-8-10-21(11-9-20)39-28(35)30-19-6-3-17(4-7-19)16-32-25(33)14-12-22-18(5-13-23(38-2)26(22)32)15-24-27(34)31-29(36)40-24/h3-11,13,24H,12,14-16H2,1-2H3,(H,30,35)(H,31,34,36). The smallest absolute Gasteiger partial charge is 0.417 e. The Morgan fingerprint density at radius 2 is 1.68 bits per heavy atom. The molecule has 1 fully saturated rings. The summed E-state index contributed by atoms with van der Waals surface area (Å²) in [5, 5.41) is 4.16. The second-order valence-corrected chi connectivity index (χ2v) is 10.4. The molecule has 3 aromatic carbocycles. The zero-order chi connectivity index (χ0) is 28.2. The van der Waals surface area contributed by atoms with Crippen LogP contribution in [0.4, 0.5) is 21.0 Å². The Labute approximate surface area is 235 Å². The lowest BCUT2D eigenvalue weighted by molar-refractivity contribution is -0.119. The van der Waals surface area contributed by atoms with Crippen molar-refractivity contribution in [1.29, 1.82) is 0 Å². The topological polar surface area (TPSA) is 123 Å². The van der Waals surface area contributed by atoms with E-state index in [9.17, 15) is 19.2 Å². The number of ether oxygens (including phenoxy) is 3. The van der Waals surface area contributed by atoms with E-state index in [4.69, 9.17) is 14.2 Å². The second-order valence-electron chi connectivity index (χ2n) is 9.21. The van der Waals surface area contributed by atoms with Gasteiger partial charge in [0.2, 0.25) is 11.8 Å². The number of thioether (sulfide) groups is 1. The number of nitrogens with one attached hydrogen (secondary N) is 2. The molecule has 0 bridgehead atoms. The summed E-state index contributed by atoms with van der Waals surface area (Å²) >= 11 is 0.985. The van der Waals surface area contributed by atoms with E-state index in [-0.39, 0.29) is 17.1 Å². The monoisotopic (exact) mass is 561 g/mol. The fourth-order valence-corrected chi connectivity index (χ4v) is 5.59. The summed E-state index contributed by atoms with van der Waals surface area (Å²) in [4.78, 5) is 50.9. The van der Waals surface area contributed by atoms with Crippen molar-refractivity contribution in [2.45, 2.75) is 31.1 Å². The van der Waals surface area contributed by atoms with Gasteiger partial charge in [0.05, 0.1) is 31.7 Å². The average molecular weight is 562 g/mol. The van der Waals surface area contributed by atoms with Crippen LogP contribution in [-0.2, 0) is 29.0 Å². The summed E-state index contributed by atoms with van der Waals surface area (Å²) in [6, 6.07) is 17.5. The average Bonchev–Trinajstić information content (AvgIpc) is 3.27. The van der Waals surface area contributed by atoms with Gasteiger partial charge in [0, 0.05) is 12.1 Å². The molecule has 0 radical (unpaired) electrons. The minimum absolute atomic E-state index is 0.0450. The number of anilines is 2. The number of hydrogen-bond acceptors (Lipinski definition) is 8. The summed E-state index contributed by atoms with van der Waals surface area (Å²) in [6.45, 7) is 0.291. The van der Waals surface area contributed by atoms with Gasteiger partial charge in [-0.3, -0.25) is 25.0 Å². The fourth-order valence-electron chi connectivity index (χ4n) is 4.74. The van der Waals surface area contributed by atoms with Gasteiger partial charge in [-0.05, 0) is 72.0 Å². The van der Waals surface area contributed by atoms with Crippen molar-refractivity contribution in [2.24, 2.45) is 0 Å². The molecule has 2 aliphatic heterocycles. The number of rotatable bonds is 8. The van der Waals surface area contributed by atoms with Crippen molar-refractivity contribution in [3.8, 4) is 17.2 Å². The molecular formula is C29H27N3O7S. The molecule has 2 N–H and O–H groups in total. The first-order valence-corrected chi connectivity index (χ1v) is 13.4. The Balaban J connectivity index is 1.30. The maximum atomic E-state index is 13.1. The van der Waals surface area contributed by atoms with Crippen LogP contribution in [0.15, 0.2) is 60.7 Å². The van der Waals surface area contributed by atoms with E-state index in [0.29, 0.717) is 54.4 Å². The number of methoxy groups -OCH3 is 2. The minimum Gasteiger partial charge on any atom is -0.497 e. The van der Waals surface area contributed by atoms with Crippen LogP contribution in [0.1, 0.15) is 23.1 Å². The van der Waals surface area contributed by atoms with Gasteiger partial charge in [-0.25, -0.2) is 4.79 Å². The van der Waals surface area contributed by atoms with Gasteiger partial charge in [-0.2, -0.15) is 0 Å². The van der Waals surface area contributed by atoms with Gasteiger partial charge in [-0.15, -0.1) is 0 Å². The van der Waals surface area contributed by atoms with Crippen molar-refractivity contribution in [3.63, 3.8) is 0 Å². The van der Waals surface area contributed by atoms with Gasteiger partial charge < -0.3 is 19.1 Å². The molecule has 11 heteroatoms. The van der Waals surface area contributed by atoms with E-state index in [0.717, 1.165) is 28.5 Å². The van der Waals surface area contributed by atoms with Crippen LogP contribution < -0.4 is 29.7 Å². The van der Waals surface area contributed by atoms with Crippen LogP contribution in [0.2, 0.25) is 0 Å². The first-order valence-electron chi connectivity index (χ1n) is 12.6. The molecule has 2 heterocycles. The molecule has 0 saturated carbocycles. The van der Waals surface area contributed by atoms with Gasteiger partial charge in [0.1, 0.15) is 17.2 Å². The number of fused-ring (bicyclic) bond motifs is 1. The van der Waals surface area contributed by atoms with E-state index in [1.165, 1.54) is 0 Å². The molecule has 0 spiro atoms. The minimum atomic E-state index is -0.633. The van der Waals surface area contributed by atoms with E-state index in [2.05, 4.69) is 10.6 Å². The third-order valence-electron chi connectivity index (χ3n) is 6.71. The molecule has 40 heavy (non-hydrogen) atoms. The SMILES string of the molecule is COc1ccc(OC(=O)Nc2ccc(CN3C(=O)CCc4c(CC5SC(=O)NC5=O)ccc(OC)c43)cc2)cc1. The Morgan fingerprint density at radius 3 is 2.33 bits per heavy atom. The normalized spacial score (nSPS) is 16.3. The Morgan fingerprint density at radius 1 is 0.950 bits per heavy atom. The fraction of sp³-hybridized carbons (Fsp3) is 0.241. The van der Waals surface area contributed by atoms with Gasteiger partial charge in [0.25, 0.3) is 5.24 Å². The van der Waals surface area contributed by atoms with Crippen LogP contribution in [0.5, 0.6) is 17.2 Å². The third-order valence-corrected chi connectivity index (χ3v) is 7.69. The van der Waals surface area contributed by atoms with Crippen LogP contribution in [0, 0.1) is 0 Å². The molecular weight excluding hydrogens is 534 g/mol. The van der Waals surface area contributed by atoms with Gasteiger partial charge >= 0.3 is 6.09 Å². The van der Waals surface area contributed by atoms with Crippen LogP contribution in [0.3, 0.4) is 0 Å². The highest BCUT2D eigenvalue weighted by molar-refractivity contribution is 8.15. The number of benzene rings is 3. The summed E-state index contributed by atoms with van der Waals surface area (Å²) < 4.78 is 16.0. The van der Waals surface area contributed by atoms with E-state index < -0.39 is 11.3 Å². The summed E-state index contributed by atoms with van der Waals surface area (Å²) in [6.07, 6.45) is 0.575. The number of amides is 4. The first kappa shape index (κ1) is 27.1. The lowest BCUT2D eigenvalue weighted by atomic mass is 9.92. The predicted molar refractivity (Wildman–Crippen MR) is 150 cm³/mol. The van der Waals surface area contributed by atoms with Crippen molar-refractivity contribution in [1.82, 2.24) is 5.32 Å². The molecule has 206 valence electrons. The van der Waals surface area contributed by atoms with Crippen molar-refractivity contribution >= 4 is 46.3 Å². The predicted octanol–water partition coefficient (Wildman–Crippen LogP) is 4.69. The van der Waals surface area contributed by atoms with Crippen molar-refractivity contribution in [3.05, 3.63) is 77.4 Å². The van der Waals surface area contributed by atoms with Crippen LogP contribution in [0.25, 0.3) is 0 Å². The molecule has 2 aliphatic rings. The molecule has 1 atom stereocenters. The summed E-state index contributed by atoms with van der Waals surface area (Å²) in [5.41, 5.74) is 3.90. The highest BCUT2D eigenvalue weighted by atomic mass is 32.2. The van der Waals surface area contributed by atoms with E-state index >= 15 is 0 Å². The molecule has 10 nitrogen and oxygen atoms in total. The molecule has 0 aromatic heterocycles. The first-order chi connectivity index (χ1) is 19.3. The van der Waals surface area contributed by atoms with Crippen LogP contribution in [-0.4, -0.2) is 42.6 Å². The van der Waals surface area contributed by atoms with Gasteiger partial charge in [-0.1, -0.05) is 30.0 Å². The maximum absolute atomic E-state index is 13.1. The molecule has 1 unspecified atom stereocenters. The Bertz CT molecular complexity index is 1460.